The second-order valence-electron chi connectivity index (χ2n) is 4.93. The van der Waals surface area contributed by atoms with Crippen molar-refractivity contribution < 1.29 is 0 Å². The van der Waals surface area contributed by atoms with Gasteiger partial charge in [0.05, 0.1) is 0 Å². The Balaban J connectivity index is 1.82. The molecule has 0 aromatic heterocycles. The van der Waals surface area contributed by atoms with E-state index in [0.29, 0.717) is 12.1 Å². The lowest BCUT2D eigenvalue weighted by Crippen LogP contribution is -2.50. The third-order valence-corrected chi connectivity index (χ3v) is 3.70. The van der Waals surface area contributed by atoms with E-state index in [1.807, 2.05) is 0 Å². The zero-order valence-electron chi connectivity index (χ0n) is 9.70. The fraction of sp³-hybridized carbons (Fsp3) is 0.909. The normalized spacial score (nSPS) is 26.9. The van der Waals surface area contributed by atoms with Crippen molar-refractivity contribution >= 4 is 17.3 Å². The van der Waals surface area contributed by atoms with Crippen LogP contribution >= 0.6 is 12.2 Å². The van der Waals surface area contributed by atoms with E-state index >= 15 is 0 Å². The van der Waals surface area contributed by atoms with Crippen LogP contribution in [-0.4, -0.2) is 54.2 Å². The maximum absolute atomic E-state index is 5.43. The molecule has 1 aliphatic carbocycles. The maximum atomic E-state index is 5.43. The molecule has 0 aromatic rings. The van der Waals surface area contributed by atoms with Crippen molar-refractivity contribution in [2.24, 2.45) is 0 Å². The molecule has 0 aromatic carbocycles. The molecule has 2 aliphatic rings. The van der Waals surface area contributed by atoms with Crippen molar-refractivity contribution in [3.8, 4) is 0 Å². The number of nitrogens with one attached hydrogen (secondary N) is 1. The van der Waals surface area contributed by atoms with Gasteiger partial charge >= 0.3 is 0 Å². The Morgan fingerprint density at radius 1 is 1.33 bits per heavy atom. The van der Waals surface area contributed by atoms with Gasteiger partial charge in [-0.25, -0.2) is 0 Å². The Bertz CT molecular complexity index is 238. The van der Waals surface area contributed by atoms with Gasteiger partial charge in [-0.05, 0) is 52.0 Å². The number of rotatable bonds is 2. The van der Waals surface area contributed by atoms with Gasteiger partial charge in [0.25, 0.3) is 0 Å². The maximum Gasteiger partial charge on any atom is 0.169 e. The van der Waals surface area contributed by atoms with Gasteiger partial charge in [0, 0.05) is 25.2 Å². The monoisotopic (exact) mass is 227 g/mol. The van der Waals surface area contributed by atoms with Crippen LogP contribution in [0.3, 0.4) is 0 Å². The Kier molecular flexibility index (Phi) is 3.46. The first-order valence-corrected chi connectivity index (χ1v) is 6.29. The van der Waals surface area contributed by atoms with Crippen LogP contribution in [0.4, 0.5) is 0 Å². The van der Waals surface area contributed by atoms with Gasteiger partial charge in [0.1, 0.15) is 0 Å². The van der Waals surface area contributed by atoms with Crippen molar-refractivity contribution in [3.05, 3.63) is 0 Å². The van der Waals surface area contributed by atoms with Crippen LogP contribution in [0.2, 0.25) is 0 Å². The molecule has 0 bridgehead atoms. The van der Waals surface area contributed by atoms with Crippen molar-refractivity contribution in [3.63, 3.8) is 0 Å². The van der Waals surface area contributed by atoms with Crippen molar-refractivity contribution in [2.45, 2.75) is 37.8 Å². The molecule has 3 nitrogen and oxygen atoms in total. The van der Waals surface area contributed by atoms with Crippen LogP contribution in [-0.2, 0) is 0 Å². The number of piperidine rings is 1. The summed E-state index contributed by atoms with van der Waals surface area (Å²) >= 11 is 5.43. The summed E-state index contributed by atoms with van der Waals surface area (Å²) in [5.74, 6) is 0. The predicted molar refractivity (Wildman–Crippen MR) is 67.0 cm³/mol. The second kappa shape index (κ2) is 4.66. The first-order chi connectivity index (χ1) is 7.16. The minimum absolute atomic E-state index is 0.665. The number of likely N-dealkylation sites (tertiary alicyclic amines) is 1. The van der Waals surface area contributed by atoms with E-state index in [9.17, 15) is 0 Å². The van der Waals surface area contributed by atoms with Crippen LogP contribution < -0.4 is 5.32 Å². The predicted octanol–water partition coefficient (Wildman–Crippen LogP) is 1.05. The summed E-state index contributed by atoms with van der Waals surface area (Å²) in [6.07, 6.45) is 5.15. The SMILES string of the molecule is CN(C)C1CCCN(C(=S)NC2CC2)C1. The molecule has 1 aliphatic heterocycles. The van der Waals surface area contributed by atoms with E-state index in [1.165, 1.54) is 25.7 Å². The van der Waals surface area contributed by atoms with Gasteiger partial charge in [-0.2, -0.15) is 0 Å². The summed E-state index contributed by atoms with van der Waals surface area (Å²) in [5, 5.41) is 4.40. The van der Waals surface area contributed by atoms with Crippen molar-refractivity contribution in [1.29, 1.82) is 0 Å². The summed E-state index contributed by atoms with van der Waals surface area (Å²) in [6, 6.07) is 1.34. The highest BCUT2D eigenvalue weighted by molar-refractivity contribution is 7.80. The van der Waals surface area contributed by atoms with E-state index in [-0.39, 0.29) is 0 Å². The number of thiocarbonyl (C=S) groups is 1. The Morgan fingerprint density at radius 3 is 2.67 bits per heavy atom. The molecule has 4 heteroatoms. The van der Waals surface area contributed by atoms with Gasteiger partial charge in [0.15, 0.2) is 5.11 Å². The first kappa shape index (κ1) is 11.1. The molecule has 1 saturated carbocycles. The minimum Gasteiger partial charge on any atom is -0.360 e. The van der Waals surface area contributed by atoms with E-state index in [4.69, 9.17) is 12.2 Å². The van der Waals surface area contributed by atoms with Crippen LogP contribution in [0, 0.1) is 0 Å². The first-order valence-electron chi connectivity index (χ1n) is 5.88. The zero-order valence-corrected chi connectivity index (χ0v) is 10.5. The van der Waals surface area contributed by atoms with Gasteiger partial charge < -0.3 is 15.1 Å². The van der Waals surface area contributed by atoms with E-state index in [2.05, 4.69) is 29.2 Å². The quantitative estimate of drug-likeness (QED) is 0.711. The van der Waals surface area contributed by atoms with Crippen LogP contribution in [0.1, 0.15) is 25.7 Å². The molecule has 0 spiro atoms. The molecular weight excluding hydrogens is 206 g/mol. The third kappa shape index (κ3) is 3.05. The Labute approximate surface area is 97.8 Å². The molecule has 15 heavy (non-hydrogen) atoms. The number of hydrogen-bond donors (Lipinski definition) is 1. The standard InChI is InChI=1S/C11H21N3S/c1-13(2)10-4-3-7-14(8-10)11(15)12-9-5-6-9/h9-10H,3-8H2,1-2H3,(H,12,15). The highest BCUT2D eigenvalue weighted by atomic mass is 32.1. The fourth-order valence-electron chi connectivity index (χ4n) is 2.05. The van der Waals surface area contributed by atoms with Crippen LogP contribution in [0.5, 0.6) is 0 Å². The summed E-state index contributed by atoms with van der Waals surface area (Å²) in [6.45, 7) is 2.22. The van der Waals surface area contributed by atoms with E-state index < -0.39 is 0 Å². The summed E-state index contributed by atoms with van der Waals surface area (Å²) in [5.41, 5.74) is 0. The molecule has 1 unspecified atom stereocenters. The molecule has 1 saturated heterocycles. The molecule has 1 N–H and O–H groups in total. The lowest BCUT2D eigenvalue weighted by molar-refractivity contribution is 0.183. The molecule has 2 rings (SSSR count). The molecule has 86 valence electrons. The van der Waals surface area contributed by atoms with Gasteiger partial charge in [-0.3, -0.25) is 0 Å². The highest BCUT2D eigenvalue weighted by Crippen LogP contribution is 2.20. The van der Waals surface area contributed by atoms with Gasteiger partial charge in [0.2, 0.25) is 0 Å². The molecular formula is C11H21N3S. The lowest BCUT2D eigenvalue weighted by atomic mass is 10.1. The molecule has 2 fully saturated rings. The smallest absolute Gasteiger partial charge is 0.169 e. The largest absolute Gasteiger partial charge is 0.360 e. The molecule has 1 atom stereocenters. The third-order valence-electron chi connectivity index (χ3n) is 3.32. The van der Waals surface area contributed by atoms with Crippen LogP contribution in [0.25, 0.3) is 0 Å². The molecule has 0 amide bonds. The van der Waals surface area contributed by atoms with Crippen molar-refractivity contribution in [2.75, 3.05) is 27.2 Å². The zero-order chi connectivity index (χ0) is 10.8. The van der Waals surface area contributed by atoms with Crippen LogP contribution in [0.15, 0.2) is 0 Å². The average molecular weight is 227 g/mol. The average Bonchev–Trinajstić information content (AvgIpc) is 3.02. The molecule has 1 heterocycles. The summed E-state index contributed by atoms with van der Waals surface area (Å²) < 4.78 is 0. The topological polar surface area (TPSA) is 18.5 Å². The van der Waals surface area contributed by atoms with Gasteiger partial charge in [-0.1, -0.05) is 0 Å². The summed E-state index contributed by atoms with van der Waals surface area (Å²) in [4.78, 5) is 4.65. The fourth-order valence-corrected chi connectivity index (χ4v) is 2.39. The number of nitrogens with zero attached hydrogens (tertiary/aromatic N) is 2. The Hall–Kier alpha value is -0.350. The Morgan fingerprint density at radius 2 is 2.07 bits per heavy atom. The minimum atomic E-state index is 0.665. The molecule has 0 radical (unpaired) electrons. The highest BCUT2D eigenvalue weighted by Gasteiger charge is 2.27. The summed E-state index contributed by atoms with van der Waals surface area (Å²) in [7, 11) is 4.32. The van der Waals surface area contributed by atoms with E-state index in [1.54, 1.807) is 0 Å². The van der Waals surface area contributed by atoms with Gasteiger partial charge in [-0.15, -0.1) is 0 Å². The number of hydrogen-bond acceptors (Lipinski definition) is 2. The number of likely N-dealkylation sites (N-methyl/N-ethyl adjacent to an activating group) is 1. The second-order valence-corrected chi connectivity index (χ2v) is 5.32. The lowest BCUT2D eigenvalue weighted by Gasteiger charge is -2.37. The van der Waals surface area contributed by atoms with E-state index in [0.717, 1.165) is 18.2 Å². The van der Waals surface area contributed by atoms with Crippen molar-refractivity contribution in [1.82, 2.24) is 15.1 Å².